The molecule has 1 atom stereocenters. The lowest BCUT2D eigenvalue weighted by Gasteiger charge is -2.09. The molecule has 1 unspecified atom stereocenters. The molecular formula is C14H19ClN2O. The van der Waals surface area contributed by atoms with Crippen molar-refractivity contribution in [2.24, 2.45) is 5.92 Å². The Morgan fingerprint density at radius 3 is 2.89 bits per heavy atom. The lowest BCUT2D eigenvalue weighted by atomic mass is 10.1. The van der Waals surface area contributed by atoms with Crippen molar-refractivity contribution >= 4 is 11.6 Å². The molecule has 0 saturated carbocycles. The van der Waals surface area contributed by atoms with E-state index >= 15 is 0 Å². The lowest BCUT2D eigenvalue weighted by molar-refractivity contribution is 0.228. The van der Waals surface area contributed by atoms with E-state index in [1.807, 2.05) is 13.0 Å². The van der Waals surface area contributed by atoms with Crippen LogP contribution in [-0.4, -0.2) is 18.3 Å². The lowest BCUT2D eigenvalue weighted by Crippen LogP contribution is -2.16. The minimum Gasteiger partial charge on any atom is -0.396 e. The van der Waals surface area contributed by atoms with Gasteiger partial charge in [0.1, 0.15) is 0 Å². The summed E-state index contributed by atoms with van der Waals surface area (Å²) in [6, 6.07) is 7.40. The van der Waals surface area contributed by atoms with Gasteiger partial charge in [0.25, 0.3) is 0 Å². The standard InChI is InChI=1S/C14H19ClN2O/c1-11(10-18)3-2-6-17-9-13-5-4-12(8-16)7-14(13)15/h4-5,7,11,17-18H,2-3,6,9-10H2,1H3. The number of nitrogens with zero attached hydrogens (tertiary/aromatic N) is 1. The fourth-order valence-corrected chi connectivity index (χ4v) is 1.90. The van der Waals surface area contributed by atoms with E-state index in [-0.39, 0.29) is 6.61 Å². The zero-order valence-corrected chi connectivity index (χ0v) is 11.4. The average molecular weight is 267 g/mol. The van der Waals surface area contributed by atoms with Gasteiger partial charge < -0.3 is 10.4 Å². The van der Waals surface area contributed by atoms with E-state index in [1.165, 1.54) is 0 Å². The predicted octanol–water partition coefficient (Wildman–Crippen LogP) is 2.71. The van der Waals surface area contributed by atoms with Crippen LogP contribution in [0.5, 0.6) is 0 Å². The summed E-state index contributed by atoms with van der Waals surface area (Å²) in [6.45, 7) is 3.90. The van der Waals surface area contributed by atoms with Gasteiger partial charge in [-0.05, 0) is 43.0 Å². The highest BCUT2D eigenvalue weighted by Gasteiger charge is 2.02. The third-order valence-corrected chi connectivity index (χ3v) is 3.21. The Hall–Kier alpha value is -1.08. The number of hydrogen-bond donors (Lipinski definition) is 2. The van der Waals surface area contributed by atoms with Crippen LogP contribution < -0.4 is 5.32 Å². The Balaban J connectivity index is 2.30. The van der Waals surface area contributed by atoms with E-state index in [1.54, 1.807) is 12.1 Å². The fraction of sp³-hybridized carbons (Fsp3) is 0.500. The molecule has 0 heterocycles. The van der Waals surface area contributed by atoms with Gasteiger partial charge in [-0.2, -0.15) is 5.26 Å². The Morgan fingerprint density at radius 1 is 1.50 bits per heavy atom. The largest absolute Gasteiger partial charge is 0.396 e. The number of rotatable bonds is 7. The SMILES string of the molecule is CC(CO)CCCNCc1ccc(C#N)cc1Cl. The summed E-state index contributed by atoms with van der Waals surface area (Å²) in [4.78, 5) is 0. The van der Waals surface area contributed by atoms with Crippen molar-refractivity contribution in [3.05, 3.63) is 34.3 Å². The molecule has 4 heteroatoms. The maximum atomic E-state index is 8.89. The van der Waals surface area contributed by atoms with Crippen LogP contribution in [0.15, 0.2) is 18.2 Å². The minimum absolute atomic E-state index is 0.251. The topological polar surface area (TPSA) is 56.0 Å². The first kappa shape index (κ1) is 15.0. The molecule has 0 bridgehead atoms. The highest BCUT2D eigenvalue weighted by Crippen LogP contribution is 2.17. The van der Waals surface area contributed by atoms with Gasteiger partial charge in [-0.1, -0.05) is 24.6 Å². The quantitative estimate of drug-likeness (QED) is 0.746. The highest BCUT2D eigenvalue weighted by molar-refractivity contribution is 6.31. The third-order valence-electron chi connectivity index (χ3n) is 2.86. The van der Waals surface area contributed by atoms with Crippen LogP contribution in [0, 0.1) is 17.2 Å². The zero-order chi connectivity index (χ0) is 13.4. The first-order chi connectivity index (χ1) is 8.67. The molecule has 0 spiro atoms. The second kappa shape index (κ2) is 8.10. The van der Waals surface area contributed by atoms with E-state index in [4.69, 9.17) is 22.0 Å². The molecule has 0 amide bonds. The summed E-state index contributed by atoms with van der Waals surface area (Å²) >= 11 is 6.07. The molecule has 1 aromatic carbocycles. The van der Waals surface area contributed by atoms with E-state index in [0.29, 0.717) is 23.0 Å². The molecule has 0 aromatic heterocycles. The number of hydrogen-bond acceptors (Lipinski definition) is 3. The molecule has 18 heavy (non-hydrogen) atoms. The summed E-state index contributed by atoms with van der Waals surface area (Å²) in [5.74, 6) is 0.366. The van der Waals surface area contributed by atoms with E-state index in [9.17, 15) is 0 Å². The molecule has 0 fully saturated rings. The summed E-state index contributed by atoms with van der Waals surface area (Å²) in [7, 11) is 0. The van der Waals surface area contributed by atoms with Crippen LogP contribution in [-0.2, 0) is 6.54 Å². The highest BCUT2D eigenvalue weighted by atomic mass is 35.5. The number of nitriles is 1. The van der Waals surface area contributed by atoms with Gasteiger partial charge in [0.2, 0.25) is 0 Å². The Morgan fingerprint density at radius 2 is 2.28 bits per heavy atom. The molecule has 98 valence electrons. The molecule has 2 N–H and O–H groups in total. The molecule has 1 rings (SSSR count). The molecule has 0 aliphatic carbocycles. The summed E-state index contributed by atoms with van der Waals surface area (Å²) in [5.41, 5.74) is 1.59. The van der Waals surface area contributed by atoms with Gasteiger partial charge in [-0.15, -0.1) is 0 Å². The molecule has 0 aliphatic heterocycles. The molecular weight excluding hydrogens is 248 g/mol. The van der Waals surface area contributed by atoms with E-state index in [2.05, 4.69) is 11.4 Å². The van der Waals surface area contributed by atoms with Crippen molar-refractivity contribution in [1.82, 2.24) is 5.32 Å². The second-order valence-corrected chi connectivity index (χ2v) is 4.93. The Labute approximate surface area is 113 Å². The van der Waals surface area contributed by atoms with Crippen LogP contribution in [0.25, 0.3) is 0 Å². The molecule has 3 nitrogen and oxygen atoms in total. The molecule has 0 radical (unpaired) electrons. The second-order valence-electron chi connectivity index (χ2n) is 4.52. The van der Waals surface area contributed by atoms with Gasteiger partial charge in [0.15, 0.2) is 0 Å². The predicted molar refractivity (Wildman–Crippen MR) is 73.4 cm³/mol. The van der Waals surface area contributed by atoms with Crippen molar-refractivity contribution in [3.63, 3.8) is 0 Å². The smallest absolute Gasteiger partial charge is 0.0992 e. The van der Waals surface area contributed by atoms with Gasteiger partial charge in [-0.25, -0.2) is 0 Å². The zero-order valence-electron chi connectivity index (χ0n) is 10.6. The van der Waals surface area contributed by atoms with Gasteiger partial charge in [-0.3, -0.25) is 0 Å². The average Bonchev–Trinajstić information content (AvgIpc) is 2.39. The van der Waals surface area contributed by atoms with Crippen molar-refractivity contribution in [1.29, 1.82) is 5.26 Å². The van der Waals surface area contributed by atoms with E-state index < -0.39 is 0 Å². The monoisotopic (exact) mass is 266 g/mol. The van der Waals surface area contributed by atoms with Crippen molar-refractivity contribution < 1.29 is 5.11 Å². The number of benzene rings is 1. The van der Waals surface area contributed by atoms with Crippen LogP contribution in [0.3, 0.4) is 0 Å². The van der Waals surface area contributed by atoms with Gasteiger partial charge in [0, 0.05) is 18.2 Å². The normalized spacial score (nSPS) is 12.1. The van der Waals surface area contributed by atoms with Gasteiger partial charge in [0.05, 0.1) is 11.6 Å². The third kappa shape index (κ3) is 5.05. The van der Waals surface area contributed by atoms with Crippen molar-refractivity contribution in [2.75, 3.05) is 13.2 Å². The molecule has 0 aliphatic rings. The van der Waals surface area contributed by atoms with Crippen molar-refractivity contribution in [3.8, 4) is 6.07 Å². The number of nitrogens with one attached hydrogen (secondary N) is 1. The first-order valence-electron chi connectivity index (χ1n) is 6.17. The van der Waals surface area contributed by atoms with Crippen LogP contribution in [0.2, 0.25) is 5.02 Å². The van der Waals surface area contributed by atoms with Gasteiger partial charge >= 0.3 is 0 Å². The number of aliphatic hydroxyl groups excluding tert-OH is 1. The summed E-state index contributed by atoms with van der Waals surface area (Å²) in [6.07, 6.45) is 2.06. The minimum atomic E-state index is 0.251. The summed E-state index contributed by atoms with van der Waals surface area (Å²) < 4.78 is 0. The molecule has 1 aromatic rings. The van der Waals surface area contributed by atoms with Crippen LogP contribution >= 0.6 is 11.6 Å². The Kier molecular flexibility index (Phi) is 6.74. The van der Waals surface area contributed by atoms with Crippen molar-refractivity contribution in [2.45, 2.75) is 26.3 Å². The van der Waals surface area contributed by atoms with Crippen LogP contribution in [0.1, 0.15) is 30.9 Å². The maximum Gasteiger partial charge on any atom is 0.0992 e. The maximum absolute atomic E-state index is 8.89. The Bertz CT molecular complexity index is 415. The molecule has 0 saturated heterocycles. The first-order valence-corrected chi connectivity index (χ1v) is 6.55. The van der Waals surface area contributed by atoms with Crippen LogP contribution in [0.4, 0.5) is 0 Å². The summed E-state index contributed by atoms with van der Waals surface area (Å²) in [5, 5.41) is 21.6. The number of aliphatic hydroxyl groups is 1. The fourth-order valence-electron chi connectivity index (χ4n) is 1.65. The number of halogens is 1. The van der Waals surface area contributed by atoms with E-state index in [0.717, 1.165) is 24.9 Å².